The third-order valence-corrected chi connectivity index (χ3v) is 5.78. The molecule has 2 heterocycles. The van der Waals surface area contributed by atoms with Crippen LogP contribution in [0.3, 0.4) is 0 Å². The molecule has 2 aromatic carbocycles. The van der Waals surface area contributed by atoms with Gasteiger partial charge in [0.05, 0.1) is 11.4 Å². The van der Waals surface area contributed by atoms with Crippen molar-refractivity contribution in [3.63, 3.8) is 0 Å². The number of carboxylic acid groups (broad SMARTS) is 2. The number of nitrogens with one attached hydrogen (secondary N) is 4. The predicted molar refractivity (Wildman–Crippen MR) is 137 cm³/mol. The Balaban J connectivity index is 1.50. The molecule has 0 spiro atoms. The van der Waals surface area contributed by atoms with Crippen LogP contribution in [0, 0.1) is 0 Å². The number of carboxylic acids is 2. The summed E-state index contributed by atoms with van der Waals surface area (Å²) in [6.07, 6.45) is 2.34. The van der Waals surface area contributed by atoms with Crippen LogP contribution in [0.4, 0.5) is 0 Å². The first-order chi connectivity index (χ1) is 18.7. The van der Waals surface area contributed by atoms with Crippen LogP contribution in [0.15, 0.2) is 78.0 Å². The fourth-order valence-corrected chi connectivity index (χ4v) is 3.85. The molecule has 0 bridgehead atoms. The number of carbonyl (C=O) groups is 4. The van der Waals surface area contributed by atoms with Gasteiger partial charge in [-0.05, 0) is 24.3 Å². The summed E-state index contributed by atoms with van der Waals surface area (Å²) in [5, 5.41) is 24.2. The topological polar surface area (TPSA) is 199 Å². The number of carbonyl (C=O) groups excluding carboxylic acids is 2. The minimum absolute atomic E-state index is 0.157. The molecule has 0 saturated heterocycles. The van der Waals surface area contributed by atoms with Crippen molar-refractivity contribution in [1.82, 2.24) is 30.2 Å². The zero-order valence-corrected chi connectivity index (χ0v) is 20.3. The van der Waals surface area contributed by atoms with Crippen LogP contribution in [0.5, 0.6) is 0 Å². The molecule has 0 aliphatic carbocycles. The van der Waals surface area contributed by atoms with E-state index in [-0.39, 0.29) is 35.6 Å². The average Bonchev–Trinajstić information content (AvgIpc) is 3.54. The Morgan fingerprint density at radius 1 is 0.795 bits per heavy atom. The Kier molecular flexibility index (Phi) is 8.00. The summed E-state index contributed by atoms with van der Waals surface area (Å²) < 4.78 is 1.39. The van der Waals surface area contributed by atoms with E-state index in [0.717, 1.165) is 0 Å². The highest BCUT2D eigenvalue weighted by molar-refractivity contribution is 5.97. The van der Waals surface area contributed by atoms with Gasteiger partial charge in [-0.25, -0.2) is 19.4 Å². The number of aliphatic carboxylic acids is 2. The first-order valence-corrected chi connectivity index (χ1v) is 11.7. The van der Waals surface area contributed by atoms with Crippen molar-refractivity contribution >= 4 is 23.8 Å². The molecule has 2 atom stereocenters. The van der Waals surface area contributed by atoms with Gasteiger partial charge in [-0.2, -0.15) is 0 Å². The average molecular weight is 533 g/mol. The Bertz CT molecular complexity index is 1540. The van der Waals surface area contributed by atoms with Gasteiger partial charge in [0.15, 0.2) is 0 Å². The lowest BCUT2D eigenvalue weighted by Gasteiger charge is -2.15. The van der Waals surface area contributed by atoms with Gasteiger partial charge >= 0.3 is 17.6 Å². The van der Waals surface area contributed by atoms with Crippen molar-refractivity contribution < 1.29 is 29.4 Å². The van der Waals surface area contributed by atoms with Gasteiger partial charge < -0.3 is 25.8 Å². The van der Waals surface area contributed by atoms with Gasteiger partial charge in [0, 0.05) is 30.2 Å². The first-order valence-electron chi connectivity index (χ1n) is 11.7. The van der Waals surface area contributed by atoms with Crippen LogP contribution in [-0.4, -0.2) is 65.6 Å². The molecule has 0 unspecified atom stereocenters. The molecule has 0 aliphatic rings. The van der Waals surface area contributed by atoms with Gasteiger partial charge in [-0.15, -0.1) is 0 Å². The van der Waals surface area contributed by atoms with E-state index in [1.807, 2.05) is 0 Å². The van der Waals surface area contributed by atoms with Crippen molar-refractivity contribution in [2.45, 2.75) is 24.9 Å². The molecule has 2 amide bonds. The molecule has 4 aromatic rings. The van der Waals surface area contributed by atoms with Crippen molar-refractivity contribution in [3.8, 4) is 5.82 Å². The zero-order valence-electron chi connectivity index (χ0n) is 20.3. The SMILES string of the molecule is O=C(N[C@@H](Cc1cn(-c2[nH]c(=O)[nH]c2C[C@H](NC(=O)c2ccccc2)C(=O)O)cn1)C(=O)O)c1ccccc1. The summed E-state index contributed by atoms with van der Waals surface area (Å²) in [5.41, 5.74) is 0.425. The Hall–Kier alpha value is -5.46. The smallest absolute Gasteiger partial charge is 0.326 e. The standard InChI is InChI=1S/C26H24N6O7/c33-22(15-7-3-1-4-8-15)28-19(24(35)36)11-17-13-32(14-27-17)21-18(30-26(39)31-21)12-20(25(37)38)29-23(34)16-9-5-2-6-10-16/h1-10,13-14,19-20H,11-12H2,(H,28,33)(H,29,34)(H,35,36)(H,37,38)(H2,30,31,39)/t19-,20-/m0/s1. The van der Waals surface area contributed by atoms with Crippen LogP contribution >= 0.6 is 0 Å². The van der Waals surface area contributed by atoms with Crippen LogP contribution in [0.1, 0.15) is 32.1 Å². The van der Waals surface area contributed by atoms with Gasteiger partial charge in [0.1, 0.15) is 24.2 Å². The lowest BCUT2D eigenvalue weighted by molar-refractivity contribution is -0.140. The molecule has 39 heavy (non-hydrogen) atoms. The highest BCUT2D eigenvalue weighted by Crippen LogP contribution is 2.13. The number of rotatable bonds is 11. The monoisotopic (exact) mass is 532 g/mol. The van der Waals surface area contributed by atoms with E-state index in [1.54, 1.807) is 48.5 Å². The van der Waals surface area contributed by atoms with Gasteiger partial charge in [0.25, 0.3) is 11.8 Å². The van der Waals surface area contributed by atoms with Crippen molar-refractivity contribution in [3.05, 3.63) is 106 Å². The van der Waals surface area contributed by atoms with Gasteiger partial charge in [-0.3, -0.25) is 19.1 Å². The number of aromatic amines is 2. The lowest BCUT2D eigenvalue weighted by Crippen LogP contribution is -2.42. The van der Waals surface area contributed by atoms with E-state index in [9.17, 15) is 34.2 Å². The van der Waals surface area contributed by atoms with Crippen molar-refractivity contribution in [2.75, 3.05) is 0 Å². The number of imidazole rings is 2. The maximum atomic E-state index is 12.5. The molecule has 0 aliphatic heterocycles. The number of aromatic nitrogens is 4. The molecule has 4 rings (SSSR count). The molecule has 13 nitrogen and oxygen atoms in total. The number of H-pyrrole nitrogens is 2. The number of nitrogens with zero attached hydrogens (tertiary/aromatic N) is 2. The van der Waals surface area contributed by atoms with Crippen LogP contribution in [0.2, 0.25) is 0 Å². The van der Waals surface area contributed by atoms with Crippen molar-refractivity contribution in [2.24, 2.45) is 0 Å². The quantitative estimate of drug-likeness (QED) is 0.162. The van der Waals surface area contributed by atoms with E-state index in [1.165, 1.54) is 29.2 Å². The number of benzene rings is 2. The van der Waals surface area contributed by atoms with E-state index < -0.39 is 41.5 Å². The lowest BCUT2D eigenvalue weighted by atomic mass is 10.1. The van der Waals surface area contributed by atoms with Crippen molar-refractivity contribution in [1.29, 1.82) is 0 Å². The summed E-state index contributed by atoms with van der Waals surface area (Å²) >= 11 is 0. The number of hydrogen-bond donors (Lipinski definition) is 6. The minimum Gasteiger partial charge on any atom is -0.480 e. The third kappa shape index (κ3) is 6.65. The number of hydrogen-bond acceptors (Lipinski definition) is 6. The maximum Gasteiger partial charge on any atom is 0.326 e. The summed E-state index contributed by atoms with van der Waals surface area (Å²) in [6, 6.07) is 13.6. The van der Waals surface area contributed by atoms with Crippen LogP contribution < -0.4 is 16.3 Å². The minimum atomic E-state index is -1.37. The fourth-order valence-electron chi connectivity index (χ4n) is 3.85. The van der Waals surface area contributed by atoms with E-state index in [4.69, 9.17) is 0 Å². The van der Waals surface area contributed by atoms with Gasteiger partial charge in [-0.1, -0.05) is 36.4 Å². The second-order valence-corrected chi connectivity index (χ2v) is 8.55. The summed E-state index contributed by atoms with van der Waals surface area (Å²) in [7, 11) is 0. The Morgan fingerprint density at radius 2 is 1.31 bits per heavy atom. The molecule has 0 fully saturated rings. The molecule has 13 heteroatoms. The second kappa shape index (κ2) is 11.7. The van der Waals surface area contributed by atoms with E-state index in [2.05, 4.69) is 25.6 Å². The summed E-state index contributed by atoms with van der Waals surface area (Å²) in [4.78, 5) is 69.9. The molecule has 0 radical (unpaired) electrons. The van der Waals surface area contributed by atoms with Gasteiger partial charge in [0.2, 0.25) is 0 Å². The third-order valence-electron chi connectivity index (χ3n) is 5.78. The molecule has 200 valence electrons. The maximum absolute atomic E-state index is 12.5. The van der Waals surface area contributed by atoms with Crippen LogP contribution in [-0.2, 0) is 22.4 Å². The molecule has 0 saturated carbocycles. The number of amides is 2. The molecular weight excluding hydrogens is 508 g/mol. The summed E-state index contributed by atoms with van der Waals surface area (Å²) in [6.45, 7) is 0. The van der Waals surface area contributed by atoms with E-state index in [0.29, 0.717) is 5.56 Å². The van der Waals surface area contributed by atoms with Crippen LogP contribution in [0.25, 0.3) is 5.82 Å². The largest absolute Gasteiger partial charge is 0.480 e. The Labute approximate surface area is 220 Å². The highest BCUT2D eigenvalue weighted by Gasteiger charge is 2.25. The normalized spacial score (nSPS) is 12.3. The fraction of sp³-hybridized carbons (Fsp3) is 0.154. The highest BCUT2D eigenvalue weighted by atomic mass is 16.4. The Morgan fingerprint density at radius 3 is 1.82 bits per heavy atom. The zero-order chi connectivity index (χ0) is 27.9. The summed E-state index contributed by atoms with van der Waals surface area (Å²) in [5.74, 6) is -3.55. The second-order valence-electron chi connectivity index (χ2n) is 8.55. The molecule has 2 aromatic heterocycles. The molecule has 6 N–H and O–H groups in total. The predicted octanol–water partition coefficient (Wildman–Crippen LogP) is 0.740. The van der Waals surface area contributed by atoms with E-state index >= 15 is 0 Å². The first kappa shape index (κ1) is 26.6. The molecular formula is C26H24N6O7.